The number of rotatable bonds is 6. The maximum atomic E-state index is 13.6. The third kappa shape index (κ3) is 4.39. The Bertz CT molecular complexity index is 620. The average Bonchev–Trinajstić information content (AvgIpc) is 2.98. The molecule has 1 fully saturated rings. The molecule has 0 bridgehead atoms. The molecule has 1 aliphatic rings. The van der Waals surface area contributed by atoms with E-state index in [2.05, 4.69) is 14.5 Å². The average molecular weight is 317 g/mol. The summed E-state index contributed by atoms with van der Waals surface area (Å²) in [6.07, 6.45) is 6.13. The van der Waals surface area contributed by atoms with E-state index in [0.29, 0.717) is 12.2 Å². The summed E-state index contributed by atoms with van der Waals surface area (Å²) in [4.78, 5) is 6.71. The fraction of sp³-hybridized carbons (Fsp3) is 0.500. The molecule has 3 rings (SSSR count). The maximum absolute atomic E-state index is 13.6. The number of hydrogen-bond donors (Lipinski definition) is 0. The summed E-state index contributed by atoms with van der Waals surface area (Å²) < 4.78 is 21.6. The molecular weight excluding hydrogens is 293 g/mol. The van der Waals surface area contributed by atoms with Gasteiger partial charge in [-0.1, -0.05) is 18.2 Å². The minimum Gasteiger partial charge on any atom is -0.373 e. The number of halogens is 1. The zero-order valence-electron chi connectivity index (χ0n) is 13.6. The van der Waals surface area contributed by atoms with Crippen molar-refractivity contribution in [2.24, 2.45) is 0 Å². The van der Waals surface area contributed by atoms with Crippen molar-refractivity contribution in [3.63, 3.8) is 0 Å². The first-order valence-electron chi connectivity index (χ1n) is 8.27. The van der Waals surface area contributed by atoms with Crippen LogP contribution in [0.15, 0.2) is 36.7 Å². The standard InChI is InChI=1S/C18H24FN3O/c1-15-20-8-11-22(15)13-12-21-9-6-17(7-10-21)23-14-16-4-2-3-5-18(16)19/h2-5,8,11,17H,6-7,9-10,12-14H2,1H3. The first-order valence-corrected chi connectivity index (χ1v) is 8.27. The van der Waals surface area contributed by atoms with Crippen LogP contribution >= 0.6 is 0 Å². The first kappa shape index (κ1) is 16.1. The van der Waals surface area contributed by atoms with Crippen molar-refractivity contribution in [2.75, 3.05) is 19.6 Å². The molecule has 0 aliphatic carbocycles. The van der Waals surface area contributed by atoms with Crippen molar-refractivity contribution < 1.29 is 9.13 Å². The SMILES string of the molecule is Cc1nccn1CCN1CCC(OCc2ccccc2F)CC1. The van der Waals surface area contributed by atoms with Crippen LogP contribution in [0.1, 0.15) is 24.2 Å². The summed E-state index contributed by atoms with van der Waals surface area (Å²) in [7, 11) is 0. The highest BCUT2D eigenvalue weighted by Crippen LogP contribution is 2.17. The smallest absolute Gasteiger partial charge is 0.128 e. The molecule has 0 saturated carbocycles. The quantitative estimate of drug-likeness (QED) is 0.820. The Morgan fingerprint density at radius 1 is 1.22 bits per heavy atom. The summed E-state index contributed by atoms with van der Waals surface area (Å²) in [5, 5.41) is 0. The molecule has 2 aromatic rings. The minimum absolute atomic E-state index is 0.180. The normalized spacial score (nSPS) is 16.8. The molecule has 1 aliphatic heterocycles. The number of likely N-dealkylation sites (tertiary alicyclic amines) is 1. The van der Waals surface area contributed by atoms with Crippen LogP contribution in [0.5, 0.6) is 0 Å². The van der Waals surface area contributed by atoms with Gasteiger partial charge >= 0.3 is 0 Å². The highest BCUT2D eigenvalue weighted by atomic mass is 19.1. The van der Waals surface area contributed by atoms with Crippen LogP contribution in [-0.2, 0) is 17.9 Å². The Balaban J connectivity index is 1.38. The largest absolute Gasteiger partial charge is 0.373 e. The number of imidazole rings is 1. The highest BCUT2D eigenvalue weighted by molar-refractivity contribution is 5.16. The second-order valence-electron chi connectivity index (χ2n) is 6.11. The van der Waals surface area contributed by atoms with E-state index < -0.39 is 0 Å². The van der Waals surface area contributed by atoms with E-state index in [9.17, 15) is 4.39 Å². The number of piperidine rings is 1. The Labute approximate surface area is 136 Å². The molecule has 2 heterocycles. The van der Waals surface area contributed by atoms with Crippen molar-refractivity contribution in [1.82, 2.24) is 14.5 Å². The van der Waals surface area contributed by atoms with Crippen LogP contribution in [0.25, 0.3) is 0 Å². The summed E-state index contributed by atoms with van der Waals surface area (Å²) in [5.41, 5.74) is 0.644. The molecule has 0 amide bonds. The Kier molecular flexibility index (Phi) is 5.41. The van der Waals surface area contributed by atoms with Gasteiger partial charge in [0.25, 0.3) is 0 Å². The molecule has 5 heteroatoms. The van der Waals surface area contributed by atoms with Gasteiger partial charge in [-0.25, -0.2) is 9.37 Å². The van der Waals surface area contributed by atoms with Crippen molar-refractivity contribution in [2.45, 2.75) is 39.0 Å². The Morgan fingerprint density at radius 2 is 2.00 bits per heavy atom. The fourth-order valence-corrected chi connectivity index (χ4v) is 3.01. The van der Waals surface area contributed by atoms with Crippen molar-refractivity contribution >= 4 is 0 Å². The molecule has 0 radical (unpaired) electrons. The molecular formula is C18H24FN3O. The number of aryl methyl sites for hydroxylation is 1. The van der Waals surface area contributed by atoms with Crippen molar-refractivity contribution in [3.8, 4) is 0 Å². The van der Waals surface area contributed by atoms with Gasteiger partial charge in [-0.2, -0.15) is 0 Å². The van der Waals surface area contributed by atoms with E-state index in [1.807, 2.05) is 25.4 Å². The maximum Gasteiger partial charge on any atom is 0.128 e. The number of ether oxygens (including phenoxy) is 1. The molecule has 0 N–H and O–H groups in total. The molecule has 1 aromatic heterocycles. The lowest BCUT2D eigenvalue weighted by Crippen LogP contribution is -2.38. The van der Waals surface area contributed by atoms with Crippen molar-refractivity contribution in [1.29, 1.82) is 0 Å². The van der Waals surface area contributed by atoms with Gasteiger partial charge in [-0.05, 0) is 25.8 Å². The van der Waals surface area contributed by atoms with Gasteiger partial charge in [0.1, 0.15) is 11.6 Å². The number of hydrogen-bond acceptors (Lipinski definition) is 3. The van der Waals surface area contributed by atoms with Crippen LogP contribution in [0.2, 0.25) is 0 Å². The van der Waals surface area contributed by atoms with Crippen molar-refractivity contribution in [3.05, 3.63) is 53.9 Å². The molecule has 1 saturated heterocycles. The zero-order chi connectivity index (χ0) is 16.1. The van der Waals surface area contributed by atoms with Gasteiger partial charge in [0.05, 0.1) is 12.7 Å². The summed E-state index contributed by atoms with van der Waals surface area (Å²) in [6.45, 7) is 6.49. The monoisotopic (exact) mass is 317 g/mol. The van der Waals surface area contributed by atoms with Gasteiger partial charge in [-0.3, -0.25) is 0 Å². The molecule has 4 nitrogen and oxygen atoms in total. The number of aromatic nitrogens is 2. The summed E-state index contributed by atoms with van der Waals surface area (Å²) in [6, 6.07) is 6.83. The summed E-state index contributed by atoms with van der Waals surface area (Å²) in [5.74, 6) is 0.883. The number of benzene rings is 1. The second kappa shape index (κ2) is 7.70. The lowest BCUT2D eigenvalue weighted by Gasteiger charge is -2.32. The lowest BCUT2D eigenvalue weighted by molar-refractivity contribution is -0.00394. The third-order valence-corrected chi connectivity index (χ3v) is 4.55. The van der Waals surface area contributed by atoms with Gasteiger partial charge in [0.15, 0.2) is 0 Å². The Hall–Kier alpha value is -1.72. The molecule has 124 valence electrons. The van der Waals surface area contributed by atoms with E-state index >= 15 is 0 Å². The highest BCUT2D eigenvalue weighted by Gasteiger charge is 2.19. The lowest BCUT2D eigenvalue weighted by atomic mass is 10.1. The second-order valence-corrected chi connectivity index (χ2v) is 6.11. The van der Waals surface area contributed by atoms with E-state index in [4.69, 9.17) is 4.74 Å². The molecule has 1 aromatic carbocycles. The van der Waals surface area contributed by atoms with Crippen LogP contribution < -0.4 is 0 Å². The van der Waals surface area contributed by atoms with E-state index in [0.717, 1.165) is 44.8 Å². The fourth-order valence-electron chi connectivity index (χ4n) is 3.01. The van der Waals surface area contributed by atoms with Crippen LogP contribution in [-0.4, -0.2) is 40.2 Å². The van der Waals surface area contributed by atoms with Crippen LogP contribution in [0.3, 0.4) is 0 Å². The van der Waals surface area contributed by atoms with Gasteiger partial charge in [-0.15, -0.1) is 0 Å². The topological polar surface area (TPSA) is 30.3 Å². The summed E-state index contributed by atoms with van der Waals surface area (Å²) >= 11 is 0. The predicted octanol–water partition coefficient (Wildman–Crippen LogP) is 3.01. The zero-order valence-corrected chi connectivity index (χ0v) is 13.6. The molecule has 0 spiro atoms. The van der Waals surface area contributed by atoms with E-state index in [1.54, 1.807) is 12.1 Å². The Morgan fingerprint density at radius 3 is 2.70 bits per heavy atom. The molecule has 0 unspecified atom stereocenters. The number of nitrogens with zero attached hydrogens (tertiary/aromatic N) is 3. The van der Waals surface area contributed by atoms with Crippen LogP contribution in [0.4, 0.5) is 4.39 Å². The van der Waals surface area contributed by atoms with Gasteiger partial charge in [0, 0.05) is 44.1 Å². The van der Waals surface area contributed by atoms with Gasteiger partial charge < -0.3 is 14.2 Å². The van der Waals surface area contributed by atoms with Gasteiger partial charge in [0.2, 0.25) is 0 Å². The predicted molar refractivity (Wildman–Crippen MR) is 87.6 cm³/mol. The molecule has 0 atom stereocenters. The first-order chi connectivity index (χ1) is 11.2. The molecule has 23 heavy (non-hydrogen) atoms. The third-order valence-electron chi connectivity index (χ3n) is 4.55. The minimum atomic E-state index is -0.180. The van der Waals surface area contributed by atoms with E-state index in [-0.39, 0.29) is 11.9 Å². The van der Waals surface area contributed by atoms with Crippen LogP contribution in [0, 0.1) is 12.7 Å². The van der Waals surface area contributed by atoms with E-state index in [1.165, 1.54) is 6.07 Å².